The van der Waals surface area contributed by atoms with E-state index in [4.69, 9.17) is 16.3 Å². The number of aldehydes is 1. The number of hydrogen-bond donors (Lipinski definition) is 1. The molecular weight excluding hydrogens is 214 g/mol. The first-order chi connectivity index (χ1) is 7.17. The van der Waals surface area contributed by atoms with Crippen molar-refractivity contribution in [3.05, 3.63) is 28.4 Å². The van der Waals surface area contributed by atoms with Gasteiger partial charge in [0, 0.05) is 10.9 Å². The molecule has 0 unspecified atom stereocenters. The van der Waals surface area contributed by atoms with Gasteiger partial charge in [-0.1, -0.05) is 11.6 Å². The van der Waals surface area contributed by atoms with Crippen LogP contribution < -0.4 is 4.74 Å². The molecule has 1 aromatic heterocycles. The van der Waals surface area contributed by atoms with Crippen molar-refractivity contribution in [2.75, 3.05) is 7.11 Å². The number of methoxy groups -OCH3 is 1. The first kappa shape index (κ1) is 10.1. The quantitative estimate of drug-likeness (QED) is 0.796. The summed E-state index contributed by atoms with van der Waals surface area (Å²) in [5, 5.41) is 1.49. The number of carbonyl (C=O) groups excluding carboxylic acids is 1. The molecule has 0 fully saturated rings. The predicted molar refractivity (Wildman–Crippen MR) is 60.0 cm³/mol. The first-order valence-electron chi connectivity index (χ1n) is 4.48. The molecule has 4 heteroatoms. The van der Waals surface area contributed by atoms with E-state index in [1.807, 2.05) is 13.0 Å². The van der Waals surface area contributed by atoms with Gasteiger partial charge in [-0.15, -0.1) is 0 Å². The third kappa shape index (κ3) is 1.49. The Balaban J connectivity index is 2.79. The molecule has 0 saturated carbocycles. The second kappa shape index (κ2) is 3.59. The minimum absolute atomic E-state index is 0.531. The SMILES string of the molecule is COc1cc2c(C)c(C=O)[nH]c2cc1Cl. The fourth-order valence-corrected chi connectivity index (χ4v) is 1.87. The molecule has 15 heavy (non-hydrogen) atoms. The minimum atomic E-state index is 0.531. The lowest BCUT2D eigenvalue weighted by Crippen LogP contribution is -1.83. The predicted octanol–water partition coefficient (Wildman–Crippen LogP) is 2.95. The van der Waals surface area contributed by atoms with E-state index in [1.165, 1.54) is 0 Å². The van der Waals surface area contributed by atoms with Gasteiger partial charge in [-0.25, -0.2) is 0 Å². The third-order valence-electron chi connectivity index (χ3n) is 2.49. The maximum absolute atomic E-state index is 10.7. The van der Waals surface area contributed by atoms with Crippen molar-refractivity contribution < 1.29 is 9.53 Å². The second-order valence-corrected chi connectivity index (χ2v) is 3.72. The van der Waals surface area contributed by atoms with Crippen LogP contribution in [0.15, 0.2) is 12.1 Å². The number of fused-ring (bicyclic) bond motifs is 1. The first-order valence-corrected chi connectivity index (χ1v) is 4.86. The van der Waals surface area contributed by atoms with Gasteiger partial charge < -0.3 is 9.72 Å². The fourth-order valence-electron chi connectivity index (χ4n) is 1.63. The molecule has 0 aliphatic carbocycles. The number of aryl methyl sites for hydroxylation is 1. The third-order valence-corrected chi connectivity index (χ3v) is 2.78. The molecule has 78 valence electrons. The van der Waals surface area contributed by atoms with Crippen molar-refractivity contribution in [1.29, 1.82) is 0 Å². The van der Waals surface area contributed by atoms with Crippen molar-refractivity contribution in [2.24, 2.45) is 0 Å². The highest BCUT2D eigenvalue weighted by atomic mass is 35.5. The van der Waals surface area contributed by atoms with Gasteiger partial charge in [0.25, 0.3) is 0 Å². The molecule has 0 bridgehead atoms. The Morgan fingerprint density at radius 2 is 2.20 bits per heavy atom. The average Bonchev–Trinajstić information content (AvgIpc) is 2.54. The van der Waals surface area contributed by atoms with Gasteiger partial charge >= 0.3 is 0 Å². The van der Waals surface area contributed by atoms with Gasteiger partial charge in [0.1, 0.15) is 5.75 Å². The highest BCUT2D eigenvalue weighted by Crippen LogP contribution is 2.31. The summed E-state index contributed by atoms with van der Waals surface area (Å²) in [7, 11) is 1.57. The van der Waals surface area contributed by atoms with E-state index in [0.29, 0.717) is 16.5 Å². The molecule has 2 rings (SSSR count). The van der Waals surface area contributed by atoms with Crippen molar-refractivity contribution >= 4 is 28.8 Å². The van der Waals surface area contributed by atoms with E-state index in [-0.39, 0.29) is 0 Å². The molecule has 0 aliphatic rings. The number of aromatic amines is 1. The van der Waals surface area contributed by atoms with Gasteiger partial charge in [-0.3, -0.25) is 4.79 Å². The van der Waals surface area contributed by atoms with Crippen LogP contribution in [0.1, 0.15) is 16.1 Å². The molecule has 0 atom stereocenters. The fraction of sp³-hybridized carbons (Fsp3) is 0.182. The van der Waals surface area contributed by atoms with Crippen LogP contribution in [0.3, 0.4) is 0 Å². The Kier molecular flexibility index (Phi) is 2.40. The molecular formula is C11H10ClNO2. The molecule has 3 nitrogen and oxygen atoms in total. The summed E-state index contributed by atoms with van der Waals surface area (Å²) in [6.45, 7) is 1.88. The Morgan fingerprint density at radius 3 is 2.80 bits per heavy atom. The second-order valence-electron chi connectivity index (χ2n) is 3.31. The van der Waals surface area contributed by atoms with Gasteiger partial charge in [0.2, 0.25) is 0 Å². The summed E-state index contributed by atoms with van der Waals surface area (Å²) < 4.78 is 5.12. The van der Waals surface area contributed by atoms with Crippen molar-refractivity contribution in [2.45, 2.75) is 6.92 Å². The number of ether oxygens (including phenoxy) is 1. The van der Waals surface area contributed by atoms with Gasteiger partial charge in [-0.05, 0) is 24.6 Å². The summed E-state index contributed by atoms with van der Waals surface area (Å²) in [5.41, 5.74) is 2.34. The smallest absolute Gasteiger partial charge is 0.166 e. The minimum Gasteiger partial charge on any atom is -0.495 e. The van der Waals surface area contributed by atoms with Crippen LogP contribution in [-0.2, 0) is 0 Å². The van der Waals surface area contributed by atoms with Gasteiger partial charge in [-0.2, -0.15) is 0 Å². The average molecular weight is 224 g/mol. The molecule has 0 spiro atoms. The normalized spacial score (nSPS) is 10.6. The molecule has 0 radical (unpaired) electrons. The Hall–Kier alpha value is -1.48. The largest absolute Gasteiger partial charge is 0.495 e. The highest BCUT2D eigenvalue weighted by molar-refractivity contribution is 6.32. The van der Waals surface area contributed by atoms with Gasteiger partial charge in [0.05, 0.1) is 17.8 Å². The molecule has 2 aromatic rings. The van der Waals surface area contributed by atoms with E-state index >= 15 is 0 Å². The molecule has 1 aromatic carbocycles. The molecule has 0 aliphatic heterocycles. The standard InChI is InChI=1S/C11H10ClNO2/c1-6-7-3-11(15-2)8(12)4-9(7)13-10(6)5-14/h3-5,13H,1-2H3. The van der Waals surface area contributed by atoms with Crippen LogP contribution in [0.2, 0.25) is 5.02 Å². The van der Waals surface area contributed by atoms with Crippen LogP contribution in [-0.4, -0.2) is 18.4 Å². The lowest BCUT2D eigenvalue weighted by molar-refractivity contribution is 0.111. The number of benzene rings is 1. The molecule has 0 amide bonds. The summed E-state index contributed by atoms with van der Waals surface area (Å²) in [5.74, 6) is 0.615. The molecule has 0 saturated heterocycles. The molecule has 1 N–H and O–H groups in total. The maximum atomic E-state index is 10.7. The number of nitrogens with one attached hydrogen (secondary N) is 1. The van der Waals surface area contributed by atoms with Crippen molar-refractivity contribution in [3.8, 4) is 5.75 Å². The topological polar surface area (TPSA) is 42.1 Å². The van der Waals surface area contributed by atoms with Gasteiger partial charge in [0.15, 0.2) is 6.29 Å². The number of halogens is 1. The Labute approximate surface area is 92.0 Å². The monoisotopic (exact) mass is 223 g/mol. The number of rotatable bonds is 2. The van der Waals surface area contributed by atoms with Crippen LogP contribution >= 0.6 is 11.6 Å². The van der Waals surface area contributed by atoms with E-state index < -0.39 is 0 Å². The van der Waals surface area contributed by atoms with Crippen LogP contribution in [0, 0.1) is 6.92 Å². The Bertz CT molecular complexity index is 531. The number of aromatic nitrogens is 1. The zero-order valence-corrected chi connectivity index (χ0v) is 9.18. The molecule has 1 heterocycles. The van der Waals surface area contributed by atoms with Crippen molar-refractivity contribution in [1.82, 2.24) is 4.98 Å². The Morgan fingerprint density at radius 1 is 1.47 bits per heavy atom. The highest BCUT2D eigenvalue weighted by Gasteiger charge is 2.10. The summed E-state index contributed by atoms with van der Waals surface area (Å²) >= 11 is 5.97. The zero-order valence-electron chi connectivity index (χ0n) is 8.43. The van der Waals surface area contributed by atoms with Crippen LogP contribution in [0.5, 0.6) is 5.75 Å². The van der Waals surface area contributed by atoms with E-state index in [2.05, 4.69) is 4.98 Å². The zero-order chi connectivity index (χ0) is 11.0. The number of hydrogen-bond acceptors (Lipinski definition) is 2. The number of carbonyl (C=O) groups is 1. The summed E-state index contributed by atoms with van der Waals surface area (Å²) in [6.07, 6.45) is 0.801. The van der Waals surface area contributed by atoms with Crippen molar-refractivity contribution in [3.63, 3.8) is 0 Å². The van der Waals surface area contributed by atoms with Crippen LogP contribution in [0.25, 0.3) is 10.9 Å². The van der Waals surface area contributed by atoms with E-state index in [1.54, 1.807) is 13.2 Å². The summed E-state index contributed by atoms with van der Waals surface area (Å²) in [6, 6.07) is 3.59. The lowest BCUT2D eigenvalue weighted by Gasteiger charge is -2.02. The van der Waals surface area contributed by atoms with Crippen LogP contribution in [0.4, 0.5) is 0 Å². The summed E-state index contributed by atoms with van der Waals surface area (Å²) in [4.78, 5) is 13.7. The van der Waals surface area contributed by atoms with E-state index in [9.17, 15) is 4.79 Å². The number of H-pyrrole nitrogens is 1. The van der Waals surface area contributed by atoms with E-state index in [0.717, 1.165) is 22.8 Å². The maximum Gasteiger partial charge on any atom is 0.166 e. The lowest BCUT2D eigenvalue weighted by atomic mass is 10.1.